The van der Waals surface area contributed by atoms with Gasteiger partial charge < -0.3 is 20.1 Å². The summed E-state index contributed by atoms with van der Waals surface area (Å²) in [5.41, 5.74) is 3.39. The van der Waals surface area contributed by atoms with Crippen LogP contribution in [0.5, 0.6) is 11.5 Å². The first-order chi connectivity index (χ1) is 17.2. The number of methoxy groups -OCH3 is 2. The molecule has 0 spiro atoms. The van der Waals surface area contributed by atoms with Gasteiger partial charge in [0.2, 0.25) is 0 Å². The summed E-state index contributed by atoms with van der Waals surface area (Å²) in [5.74, 6) is -0.554. The number of rotatable bonds is 7. The molecule has 0 atom stereocenters. The number of nitrogens with zero attached hydrogens (tertiary/aromatic N) is 1. The van der Waals surface area contributed by atoms with Crippen molar-refractivity contribution in [1.29, 1.82) is 0 Å². The van der Waals surface area contributed by atoms with Crippen molar-refractivity contribution in [3.63, 3.8) is 0 Å². The smallest absolute Gasteiger partial charge is 0.283 e. The van der Waals surface area contributed by atoms with E-state index in [1.165, 1.54) is 14.2 Å². The number of nitrogens with one attached hydrogen (secondary N) is 2. The highest BCUT2D eigenvalue weighted by Crippen LogP contribution is 2.33. The average molecular weight is 506 g/mol. The van der Waals surface area contributed by atoms with E-state index in [0.717, 1.165) is 16.0 Å². The van der Waals surface area contributed by atoms with Crippen molar-refractivity contribution in [1.82, 2.24) is 0 Å². The number of halogens is 1. The normalized spacial score (nSPS) is 13.2. The van der Waals surface area contributed by atoms with Crippen molar-refractivity contribution < 1.29 is 23.9 Å². The van der Waals surface area contributed by atoms with Gasteiger partial charge in [0.05, 0.1) is 25.6 Å². The molecule has 0 saturated heterocycles. The lowest BCUT2D eigenvalue weighted by Gasteiger charge is -2.18. The standard InChI is InChI=1S/C27H24ClN3O5/c1-15-8-11-21(16(2)12-15)31-26(33)23(28)24(27(31)34)29-18-7-5-6-17(13-18)25(32)30-20-10-9-19(35-3)14-22(20)36-4/h5-14,29H,1-4H3,(H,30,32). The Morgan fingerprint density at radius 3 is 2.39 bits per heavy atom. The van der Waals surface area contributed by atoms with Gasteiger partial charge in [-0.1, -0.05) is 35.4 Å². The number of imide groups is 1. The summed E-state index contributed by atoms with van der Waals surface area (Å²) < 4.78 is 10.5. The zero-order valence-electron chi connectivity index (χ0n) is 20.1. The maximum absolute atomic E-state index is 13.1. The molecule has 1 heterocycles. The number of hydrogen-bond acceptors (Lipinski definition) is 6. The molecule has 0 saturated carbocycles. The fourth-order valence-electron chi connectivity index (χ4n) is 3.87. The van der Waals surface area contributed by atoms with E-state index in [1.807, 2.05) is 26.0 Å². The molecule has 0 aromatic heterocycles. The van der Waals surface area contributed by atoms with Crippen LogP contribution in [0.15, 0.2) is 71.4 Å². The van der Waals surface area contributed by atoms with E-state index < -0.39 is 17.7 Å². The Kier molecular flexibility index (Phi) is 6.98. The first-order valence-corrected chi connectivity index (χ1v) is 11.4. The van der Waals surface area contributed by atoms with Crippen LogP contribution in [0.1, 0.15) is 21.5 Å². The van der Waals surface area contributed by atoms with Crippen molar-refractivity contribution >= 4 is 46.4 Å². The second-order valence-corrected chi connectivity index (χ2v) is 8.53. The molecule has 0 bridgehead atoms. The molecule has 1 aliphatic heterocycles. The summed E-state index contributed by atoms with van der Waals surface area (Å²) in [6.07, 6.45) is 0. The van der Waals surface area contributed by atoms with E-state index in [4.69, 9.17) is 21.1 Å². The maximum Gasteiger partial charge on any atom is 0.283 e. The minimum absolute atomic E-state index is 0.0592. The van der Waals surface area contributed by atoms with Gasteiger partial charge in [-0.3, -0.25) is 14.4 Å². The highest BCUT2D eigenvalue weighted by molar-refractivity contribution is 6.53. The number of amides is 3. The zero-order valence-corrected chi connectivity index (χ0v) is 20.9. The topological polar surface area (TPSA) is 97.0 Å². The minimum Gasteiger partial charge on any atom is -0.497 e. The molecule has 2 N–H and O–H groups in total. The summed E-state index contributed by atoms with van der Waals surface area (Å²) in [7, 11) is 3.03. The summed E-state index contributed by atoms with van der Waals surface area (Å²) in [6.45, 7) is 3.75. The molecule has 0 aliphatic carbocycles. The van der Waals surface area contributed by atoms with Crippen LogP contribution in [-0.2, 0) is 9.59 Å². The van der Waals surface area contributed by atoms with E-state index in [2.05, 4.69) is 10.6 Å². The van der Waals surface area contributed by atoms with Crippen molar-refractivity contribution in [3.8, 4) is 11.5 Å². The van der Waals surface area contributed by atoms with Gasteiger partial charge in [-0.05, 0) is 55.8 Å². The number of carbonyl (C=O) groups excluding carboxylic acids is 3. The number of carbonyl (C=O) groups is 3. The summed E-state index contributed by atoms with van der Waals surface area (Å²) in [4.78, 5) is 39.9. The highest BCUT2D eigenvalue weighted by atomic mass is 35.5. The van der Waals surface area contributed by atoms with Crippen LogP contribution >= 0.6 is 11.6 Å². The second kappa shape index (κ2) is 10.1. The number of anilines is 3. The monoisotopic (exact) mass is 505 g/mol. The van der Waals surface area contributed by atoms with Gasteiger partial charge in [-0.2, -0.15) is 0 Å². The Morgan fingerprint density at radius 2 is 1.69 bits per heavy atom. The van der Waals surface area contributed by atoms with Crippen molar-refractivity contribution in [2.24, 2.45) is 0 Å². The van der Waals surface area contributed by atoms with Gasteiger partial charge in [0, 0.05) is 17.3 Å². The molecule has 8 nitrogen and oxygen atoms in total. The third-order valence-electron chi connectivity index (χ3n) is 5.67. The molecule has 4 rings (SSSR count). The molecule has 0 radical (unpaired) electrons. The minimum atomic E-state index is -0.614. The Bertz CT molecular complexity index is 1420. The van der Waals surface area contributed by atoms with Crippen LogP contribution in [-0.4, -0.2) is 31.9 Å². The van der Waals surface area contributed by atoms with Crippen molar-refractivity contribution in [2.45, 2.75) is 13.8 Å². The van der Waals surface area contributed by atoms with Gasteiger partial charge in [0.1, 0.15) is 22.2 Å². The lowest BCUT2D eigenvalue weighted by Crippen LogP contribution is -2.32. The van der Waals surface area contributed by atoms with Gasteiger partial charge in [-0.15, -0.1) is 0 Å². The van der Waals surface area contributed by atoms with Crippen LogP contribution < -0.4 is 25.0 Å². The quantitative estimate of drug-likeness (QED) is 0.438. The molecule has 0 fully saturated rings. The molecular weight excluding hydrogens is 482 g/mol. The van der Waals surface area contributed by atoms with E-state index in [-0.39, 0.29) is 10.7 Å². The van der Waals surface area contributed by atoms with E-state index in [9.17, 15) is 14.4 Å². The Labute approximate surface area is 213 Å². The fourth-order valence-corrected chi connectivity index (χ4v) is 4.08. The largest absolute Gasteiger partial charge is 0.497 e. The summed E-state index contributed by atoms with van der Waals surface area (Å²) >= 11 is 6.27. The van der Waals surface area contributed by atoms with Crippen LogP contribution in [0.25, 0.3) is 0 Å². The summed E-state index contributed by atoms with van der Waals surface area (Å²) in [5, 5.41) is 5.49. The first kappa shape index (κ1) is 24.8. The molecular formula is C27H24ClN3O5. The molecule has 1 aliphatic rings. The Hall–Kier alpha value is -4.30. The molecule has 9 heteroatoms. The first-order valence-electron chi connectivity index (χ1n) is 11.0. The molecule has 3 aromatic rings. The van der Waals surface area contributed by atoms with Gasteiger partial charge >= 0.3 is 0 Å². The second-order valence-electron chi connectivity index (χ2n) is 8.15. The van der Waals surface area contributed by atoms with E-state index in [1.54, 1.807) is 48.5 Å². The Balaban J connectivity index is 1.55. The predicted molar refractivity (Wildman–Crippen MR) is 139 cm³/mol. The number of benzene rings is 3. The average Bonchev–Trinajstić information content (AvgIpc) is 3.07. The number of hydrogen-bond donors (Lipinski definition) is 2. The van der Waals surface area contributed by atoms with E-state index >= 15 is 0 Å². The van der Waals surface area contributed by atoms with Crippen molar-refractivity contribution in [3.05, 3.63) is 88.1 Å². The van der Waals surface area contributed by atoms with E-state index in [0.29, 0.717) is 34.1 Å². The van der Waals surface area contributed by atoms with Gasteiger partial charge in [0.25, 0.3) is 17.7 Å². The number of ether oxygens (including phenoxy) is 2. The maximum atomic E-state index is 13.1. The van der Waals surface area contributed by atoms with Crippen molar-refractivity contribution in [2.75, 3.05) is 29.8 Å². The third kappa shape index (κ3) is 4.76. The molecule has 184 valence electrons. The fraction of sp³-hybridized carbons (Fsp3) is 0.148. The van der Waals surface area contributed by atoms with Crippen LogP contribution in [0.4, 0.5) is 17.1 Å². The SMILES string of the molecule is COc1ccc(NC(=O)c2cccc(NC3=C(Cl)C(=O)N(c4ccc(C)cc4C)C3=O)c2)c(OC)c1. The molecule has 36 heavy (non-hydrogen) atoms. The van der Waals surface area contributed by atoms with Crippen LogP contribution in [0.2, 0.25) is 0 Å². The molecule has 0 unspecified atom stereocenters. The Morgan fingerprint density at radius 1 is 0.917 bits per heavy atom. The molecule has 3 aromatic carbocycles. The van der Waals surface area contributed by atoms with Gasteiger partial charge in [-0.25, -0.2) is 4.90 Å². The van der Waals surface area contributed by atoms with Crippen LogP contribution in [0.3, 0.4) is 0 Å². The van der Waals surface area contributed by atoms with Crippen LogP contribution in [0, 0.1) is 13.8 Å². The molecule has 3 amide bonds. The third-order valence-corrected chi connectivity index (χ3v) is 6.02. The van der Waals surface area contributed by atoms with Gasteiger partial charge in [0.15, 0.2) is 0 Å². The highest BCUT2D eigenvalue weighted by Gasteiger charge is 2.39. The number of aryl methyl sites for hydroxylation is 2. The lowest BCUT2D eigenvalue weighted by atomic mass is 10.1. The predicted octanol–water partition coefficient (Wildman–Crippen LogP) is 5.01. The summed E-state index contributed by atoms with van der Waals surface area (Å²) in [6, 6.07) is 17.0. The zero-order chi connectivity index (χ0) is 26.0. The lowest BCUT2D eigenvalue weighted by molar-refractivity contribution is -0.120.